The van der Waals surface area contributed by atoms with Crippen molar-refractivity contribution in [3.63, 3.8) is 0 Å². The Labute approximate surface area is 115 Å². The summed E-state index contributed by atoms with van der Waals surface area (Å²) < 4.78 is 53.0. The highest BCUT2D eigenvalue weighted by Gasteiger charge is 2.41. The number of halogens is 2. The first-order chi connectivity index (χ1) is 9.44. The molecule has 112 valence electrons. The molecule has 0 aromatic carbocycles. The Hall–Kier alpha value is -1.09. The minimum atomic E-state index is -3.00. The molecule has 3 rings (SSSR count). The van der Waals surface area contributed by atoms with E-state index in [1.54, 1.807) is 0 Å². The number of hydrogen-bond acceptors (Lipinski definition) is 6. The molecule has 20 heavy (non-hydrogen) atoms. The quantitative estimate of drug-likeness (QED) is 0.826. The SMILES string of the molecule is O=S1(=O)CCN(Cc2nc(C(F)F)no2)C(C2CC2)C1. The molecule has 0 N–H and O–H groups in total. The maximum atomic E-state index is 12.4. The predicted octanol–water partition coefficient (Wildman–Crippen LogP) is 1.02. The van der Waals surface area contributed by atoms with Crippen molar-refractivity contribution in [3.8, 4) is 0 Å². The van der Waals surface area contributed by atoms with Gasteiger partial charge in [-0.25, -0.2) is 17.2 Å². The van der Waals surface area contributed by atoms with Crippen LogP contribution in [0.5, 0.6) is 0 Å². The van der Waals surface area contributed by atoms with Crippen LogP contribution in [-0.2, 0) is 16.4 Å². The fourth-order valence-corrected chi connectivity index (χ4v) is 4.26. The van der Waals surface area contributed by atoms with Crippen LogP contribution in [0.2, 0.25) is 0 Å². The summed E-state index contributed by atoms with van der Waals surface area (Å²) in [6.45, 7) is 0.617. The van der Waals surface area contributed by atoms with Gasteiger partial charge in [-0.1, -0.05) is 5.16 Å². The molecule has 2 heterocycles. The van der Waals surface area contributed by atoms with E-state index in [-0.39, 0.29) is 30.0 Å². The first-order valence-electron chi connectivity index (χ1n) is 6.50. The minimum Gasteiger partial charge on any atom is -0.338 e. The molecule has 1 atom stereocenters. The van der Waals surface area contributed by atoms with Crippen LogP contribution in [0, 0.1) is 5.92 Å². The number of hydrogen-bond donors (Lipinski definition) is 0. The van der Waals surface area contributed by atoms with E-state index in [0.29, 0.717) is 12.5 Å². The van der Waals surface area contributed by atoms with E-state index in [9.17, 15) is 17.2 Å². The molecule has 1 aromatic rings. The predicted molar refractivity (Wildman–Crippen MR) is 64.8 cm³/mol. The van der Waals surface area contributed by atoms with Crippen molar-refractivity contribution in [2.75, 3.05) is 18.1 Å². The largest absolute Gasteiger partial charge is 0.338 e. The highest BCUT2D eigenvalue weighted by Crippen LogP contribution is 2.37. The molecular weight excluding hydrogens is 292 g/mol. The van der Waals surface area contributed by atoms with E-state index in [1.165, 1.54) is 0 Å². The Morgan fingerprint density at radius 1 is 1.40 bits per heavy atom. The molecule has 9 heteroatoms. The average molecular weight is 307 g/mol. The van der Waals surface area contributed by atoms with Gasteiger partial charge in [0, 0.05) is 12.6 Å². The van der Waals surface area contributed by atoms with Crippen LogP contribution in [0.3, 0.4) is 0 Å². The lowest BCUT2D eigenvalue weighted by molar-refractivity contribution is 0.136. The molecule has 1 saturated heterocycles. The normalized spacial score (nSPS) is 27.1. The van der Waals surface area contributed by atoms with E-state index in [1.807, 2.05) is 4.90 Å². The summed E-state index contributed by atoms with van der Waals surface area (Å²) in [5, 5.41) is 3.21. The Kier molecular flexibility index (Phi) is 3.49. The van der Waals surface area contributed by atoms with Crippen molar-refractivity contribution in [1.82, 2.24) is 15.0 Å². The van der Waals surface area contributed by atoms with Crippen LogP contribution in [0.15, 0.2) is 4.52 Å². The monoisotopic (exact) mass is 307 g/mol. The summed E-state index contributed by atoms with van der Waals surface area (Å²) in [7, 11) is -3.00. The second-order valence-corrected chi connectivity index (χ2v) is 7.57. The first-order valence-corrected chi connectivity index (χ1v) is 8.32. The second kappa shape index (κ2) is 5.03. The van der Waals surface area contributed by atoms with Gasteiger partial charge in [-0.05, 0) is 18.8 Å². The molecule has 1 unspecified atom stereocenters. The van der Waals surface area contributed by atoms with Gasteiger partial charge < -0.3 is 4.52 Å². The summed E-state index contributed by atoms with van der Waals surface area (Å²) in [5.74, 6) is 0.0972. The molecule has 0 spiro atoms. The molecule has 1 saturated carbocycles. The maximum Gasteiger partial charge on any atom is 0.300 e. The van der Waals surface area contributed by atoms with Gasteiger partial charge in [0.15, 0.2) is 9.84 Å². The zero-order valence-corrected chi connectivity index (χ0v) is 11.5. The molecule has 0 amide bonds. The molecule has 0 bridgehead atoms. The third kappa shape index (κ3) is 2.98. The van der Waals surface area contributed by atoms with Crippen LogP contribution < -0.4 is 0 Å². The Bertz CT molecular complexity index is 585. The van der Waals surface area contributed by atoms with Crippen molar-refractivity contribution >= 4 is 9.84 Å². The lowest BCUT2D eigenvalue weighted by Crippen LogP contribution is -2.49. The van der Waals surface area contributed by atoms with Gasteiger partial charge in [-0.3, -0.25) is 4.90 Å². The van der Waals surface area contributed by atoms with Crippen LogP contribution in [0.1, 0.15) is 31.0 Å². The van der Waals surface area contributed by atoms with Gasteiger partial charge in [0.05, 0.1) is 18.1 Å². The zero-order chi connectivity index (χ0) is 14.3. The van der Waals surface area contributed by atoms with Crippen LogP contribution >= 0.6 is 0 Å². The number of rotatable bonds is 4. The standard InChI is InChI=1S/C11H15F2N3O3S/c12-10(13)11-14-9(19-15-11)5-16-3-4-20(17,18)6-8(16)7-1-2-7/h7-8,10H,1-6H2. The number of nitrogens with zero attached hydrogens (tertiary/aromatic N) is 3. The zero-order valence-electron chi connectivity index (χ0n) is 10.7. The van der Waals surface area contributed by atoms with E-state index in [0.717, 1.165) is 12.8 Å². The van der Waals surface area contributed by atoms with E-state index < -0.39 is 22.1 Å². The van der Waals surface area contributed by atoms with Crippen LogP contribution in [0.4, 0.5) is 8.78 Å². The molecule has 2 fully saturated rings. The van der Waals surface area contributed by atoms with E-state index in [2.05, 4.69) is 10.1 Å². The lowest BCUT2D eigenvalue weighted by Gasteiger charge is -2.34. The lowest BCUT2D eigenvalue weighted by atomic mass is 10.2. The second-order valence-electron chi connectivity index (χ2n) is 5.34. The highest BCUT2D eigenvalue weighted by atomic mass is 32.2. The van der Waals surface area contributed by atoms with E-state index in [4.69, 9.17) is 4.52 Å². The van der Waals surface area contributed by atoms with Gasteiger partial charge in [0.25, 0.3) is 0 Å². The van der Waals surface area contributed by atoms with Gasteiger partial charge in [0.1, 0.15) is 0 Å². The molecule has 0 radical (unpaired) electrons. The summed E-state index contributed by atoms with van der Waals surface area (Å²) in [4.78, 5) is 5.60. The number of alkyl halides is 2. The third-order valence-corrected chi connectivity index (χ3v) is 5.42. The number of aromatic nitrogens is 2. The van der Waals surface area contributed by atoms with Crippen molar-refractivity contribution in [3.05, 3.63) is 11.7 Å². The third-order valence-electron chi connectivity index (χ3n) is 3.77. The summed E-state index contributed by atoms with van der Waals surface area (Å²) >= 11 is 0. The maximum absolute atomic E-state index is 12.4. The molecular formula is C11H15F2N3O3S. The molecule has 1 aromatic heterocycles. The smallest absolute Gasteiger partial charge is 0.300 e. The topological polar surface area (TPSA) is 76.3 Å². The average Bonchev–Trinajstić information content (AvgIpc) is 3.10. The van der Waals surface area contributed by atoms with Gasteiger partial charge >= 0.3 is 6.43 Å². The van der Waals surface area contributed by atoms with Crippen molar-refractivity contribution < 1.29 is 21.7 Å². The fraction of sp³-hybridized carbons (Fsp3) is 0.818. The summed E-state index contributed by atoms with van der Waals surface area (Å²) in [5.41, 5.74) is 0. The summed E-state index contributed by atoms with van der Waals surface area (Å²) in [6.07, 6.45) is -0.723. The van der Waals surface area contributed by atoms with Crippen LogP contribution in [0.25, 0.3) is 0 Å². The Morgan fingerprint density at radius 2 is 2.15 bits per heavy atom. The van der Waals surface area contributed by atoms with Crippen molar-refractivity contribution in [1.29, 1.82) is 0 Å². The van der Waals surface area contributed by atoms with E-state index >= 15 is 0 Å². The van der Waals surface area contributed by atoms with Gasteiger partial charge in [0.2, 0.25) is 11.7 Å². The highest BCUT2D eigenvalue weighted by molar-refractivity contribution is 7.91. The first kappa shape index (κ1) is 13.9. The molecule has 1 aliphatic heterocycles. The van der Waals surface area contributed by atoms with Crippen molar-refractivity contribution in [2.45, 2.75) is 31.9 Å². The minimum absolute atomic E-state index is 0.0596. The van der Waals surface area contributed by atoms with Crippen molar-refractivity contribution in [2.24, 2.45) is 5.92 Å². The molecule has 2 aliphatic rings. The van der Waals surface area contributed by atoms with Gasteiger partial charge in [-0.2, -0.15) is 4.98 Å². The fourth-order valence-electron chi connectivity index (χ4n) is 2.58. The Morgan fingerprint density at radius 3 is 2.75 bits per heavy atom. The van der Waals surface area contributed by atoms with Gasteiger partial charge in [-0.15, -0.1) is 0 Å². The number of sulfone groups is 1. The molecule has 1 aliphatic carbocycles. The molecule has 6 nitrogen and oxygen atoms in total. The van der Waals surface area contributed by atoms with Crippen LogP contribution in [-0.4, -0.2) is 47.6 Å². The Balaban J connectivity index is 1.71. The summed E-state index contributed by atoms with van der Waals surface area (Å²) in [6, 6.07) is -0.0596.